The summed E-state index contributed by atoms with van der Waals surface area (Å²) in [7, 11) is 0. The van der Waals surface area contributed by atoms with E-state index in [4.69, 9.17) is 0 Å². The molecule has 3 rings (SSSR count). The number of carbonyl (C=O) groups is 1. The van der Waals surface area contributed by atoms with Crippen molar-refractivity contribution < 1.29 is 4.79 Å². The molecule has 1 amide bonds. The van der Waals surface area contributed by atoms with Gasteiger partial charge < -0.3 is 5.32 Å². The number of hydrogen-bond donors (Lipinski definition) is 1. The summed E-state index contributed by atoms with van der Waals surface area (Å²) < 4.78 is 0. The van der Waals surface area contributed by atoms with Crippen molar-refractivity contribution in [2.75, 3.05) is 6.54 Å². The van der Waals surface area contributed by atoms with Crippen LogP contribution in [0, 0.1) is 6.92 Å². The number of thiazole rings is 1. The number of amides is 1. The Bertz CT molecular complexity index is 693. The fourth-order valence-corrected chi connectivity index (χ4v) is 4.11. The maximum Gasteiger partial charge on any atom is 0.224 e. The second kappa shape index (κ2) is 8.43. The first-order chi connectivity index (χ1) is 11.7. The molecule has 2 aromatic rings. The average Bonchev–Trinajstić information content (AvgIpc) is 3.00. The summed E-state index contributed by atoms with van der Waals surface area (Å²) in [6.45, 7) is 2.79. The van der Waals surface area contributed by atoms with Crippen LogP contribution in [0.2, 0.25) is 0 Å². The van der Waals surface area contributed by atoms with E-state index in [1.807, 2.05) is 6.92 Å². The number of nitrogens with one attached hydrogen (secondary N) is 1. The second-order valence-corrected chi connectivity index (χ2v) is 7.62. The van der Waals surface area contributed by atoms with Crippen molar-refractivity contribution in [1.29, 1.82) is 0 Å². The first kappa shape index (κ1) is 17.2. The van der Waals surface area contributed by atoms with E-state index in [0.717, 1.165) is 37.1 Å². The lowest BCUT2D eigenvalue weighted by molar-refractivity contribution is -0.120. The highest BCUT2D eigenvalue weighted by molar-refractivity contribution is 7.09. The molecule has 24 heavy (non-hydrogen) atoms. The van der Waals surface area contributed by atoms with Crippen LogP contribution in [0.25, 0.3) is 0 Å². The van der Waals surface area contributed by atoms with Crippen LogP contribution in [-0.4, -0.2) is 17.4 Å². The highest BCUT2D eigenvalue weighted by Crippen LogP contribution is 2.22. The molecule has 0 aliphatic heterocycles. The Kier molecular flexibility index (Phi) is 6.02. The Labute approximate surface area is 148 Å². The molecule has 0 unspecified atom stereocenters. The molecule has 1 aromatic carbocycles. The number of fused-ring (bicyclic) bond motifs is 1. The highest BCUT2D eigenvalue weighted by atomic mass is 32.1. The third-order valence-corrected chi connectivity index (χ3v) is 5.61. The SMILES string of the molecule is Cc1csc(CCCCNC(=O)Cc2ccc3c(c2)CCCC3)n1. The Hall–Kier alpha value is -1.68. The molecule has 0 radical (unpaired) electrons. The molecule has 0 saturated heterocycles. The molecule has 128 valence electrons. The normalized spacial score (nSPS) is 13.5. The second-order valence-electron chi connectivity index (χ2n) is 6.68. The molecule has 1 N–H and O–H groups in total. The number of aryl methyl sites for hydroxylation is 4. The van der Waals surface area contributed by atoms with E-state index < -0.39 is 0 Å². The summed E-state index contributed by atoms with van der Waals surface area (Å²) in [6.07, 6.45) is 8.54. The summed E-state index contributed by atoms with van der Waals surface area (Å²) in [4.78, 5) is 16.6. The van der Waals surface area contributed by atoms with Crippen LogP contribution in [0.1, 0.15) is 53.1 Å². The maximum absolute atomic E-state index is 12.1. The van der Waals surface area contributed by atoms with Gasteiger partial charge in [-0.3, -0.25) is 4.79 Å². The molecule has 1 aliphatic carbocycles. The average molecular weight is 343 g/mol. The van der Waals surface area contributed by atoms with E-state index in [9.17, 15) is 4.79 Å². The van der Waals surface area contributed by atoms with Crippen molar-refractivity contribution >= 4 is 17.2 Å². The molecule has 1 aromatic heterocycles. The molecule has 0 atom stereocenters. The fraction of sp³-hybridized carbons (Fsp3) is 0.500. The van der Waals surface area contributed by atoms with Crippen LogP contribution in [0.4, 0.5) is 0 Å². The predicted molar refractivity (Wildman–Crippen MR) is 99.6 cm³/mol. The van der Waals surface area contributed by atoms with Crippen molar-refractivity contribution in [2.24, 2.45) is 0 Å². The zero-order valence-electron chi connectivity index (χ0n) is 14.4. The molecule has 0 saturated carbocycles. The van der Waals surface area contributed by atoms with E-state index in [1.54, 1.807) is 11.3 Å². The molecule has 1 heterocycles. The molecule has 3 nitrogen and oxygen atoms in total. The number of hydrogen-bond acceptors (Lipinski definition) is 3. The van der Waals surface area contributed by atoms with Gasteiger partial charge in [0.15, 0.2) is 0 Å². The number of rotatable bonds is 7. The van der Waals surface area contributed by atoms with Crippen LogP contribution < -0.4 is 5.32 Å². The Morgan fingerprint density at radius 2 is 2.04 bits per heavy atom. The first-order valence-electron chi connectivity index (χ1n) is 8.99. The zero-order valence-corrected chi connectivity index (χ0v) is 15.3. The molecule has 4 heteroatoms. The Morgan fingerprint density at radius 1 is 1.21 bits per heavy atom. The summed E-state index contributed by atoms with van der Waals surface area (Å²) in [5.74, 6) is 0.135. The molecule has 1 aliphatic rings. The minimum atomic E-state index is 0.135. The molecule has 0 bridgehead atoms. The largest absolute Gasteiger partial charge is 0.356 e. The van der Waals surface area contributed by atoms with E-state index in [-0.39, 0.29) is 5.91 Å². The maximum atomic E-state index is 12.1. The van der Waals surface area contributed by atoms with E-state index in [2.05, 4.69) is 33.9 Å². The Morgan fingerprint density at radius 3 is 2.83 bits per heavy atom. The molecule has 0 spiro atoms. The summed E-state index contributed by atoms with van der Waals surface area (Å²) >= 11 is 1.73. The number of benzene rings is 1. The van der Waals surface area contributed by atoms with Crippen LogP contribution >= 0.6 is 11.3 Å². The topological polar surface area (TPSA) is 42.0 Å². The van der Waals surface area contributed by atoms with Gasteiger partial charge in [-0.1, -0.05) is 18.2 Å². The van der Waals surface area contributed by atoms with Gasteiger partial charge in [0, 0.05) is 17.6 Å². The first-order valence-corrected chi connectivity index (χ1v) is 9.87. The third-order valence-electron chi connectivity index (χ3n) is 4.58. The van der Waals surface area contributed by atoms with Gasteiger partial charge in [-0.05, 0) is 68.6 Å². The third kappa shape index (κ3) is 4.91. The number of carbonyl (C=O) groups excluding carboxylic acids is 1. The van der Waals surface area contributed by atoms with E-state index >= 15 is 0 Å². The summed E-state index contributed by atoms with van der Waals surface area (Å²) in [5, 5.41) is 6.34. The van der Waals surface area contributed by atoms with Gasteiger partial charge in [0.25, 0.3) is 0 Å². The molecular formula is C20H26N2OS. The number of unbranched alkanes of at least 4 members (excludes halogenated alkanes) is 1. The van der Waals surface area contributed by atoms with Crippen molar-refractivity contribution in [1.82, 2.24) is 10.3 Å². The van der Waals surface area contributed by atoms with Crippen molar-refractivity contribution in [3.05, 3.63) is 51.0 Å². The predicted octanol–water partition coefficient (Wildman–Crippen LogP) is 4.01. The molecule has 0 fully saturated rings. The van der Waals surface area contributed by atoms with Gasteiger partial charge in [0.1, 0.15) is 0 Å². The summed E-state index contributed by atoms with van der Waals surface area (Å²) in [5.41, 5.74) is 5.17. The van der Waals surface area contributed by atoms with Crippen LogP contribution in [0.5, 0.6) is 0 Å². The fourth-order valence-electron chi connectivity index (χ4n) is 3.29. The minimum Gasteiger partial charge on any atom is -0.356 e. The van der Waals surface area contributed by atoms with Crippen molar-refractivity contribution in [3.8, 4) is 0 Å². The van der Waals surface area contributed by atoms with Crippen LogP contribution in [0.15, 0.2) is 23.6 Å². The van der Waals surface area contributed by atoms with Crippen molar-refractivity contribution in [2.45, 2.75) is 58.3 Å². The minimum absolute atomic E-state index is 0.135. The van der Waals surface area contributed by atoms with Crippen LogP contribution in [0.3, 0.4) is 0 Å². The van der Waals surface area contributed by atoms with Gasteiger partial charge >= 0.3 is 0 Å². The van der Waals surface area contributed by atoms with Gasteiger partial charge in [0.2, 0.25) is 5.91 Å². The number of nitrogens with zero attached hydrogens (tertiary/aromatic N) is 1. The van der Waals surface area contributed by atoms with Gasteiger partial charge in [0.05, 0.1) is 11.4 Å². The van der Waals surface area contributed by atoms with Gasteiger partial charge in [-0.15, -0.1) is 11.3 Å². The number of aromatic nitrogens is 1. The summed E-state index contributed by atoms with van der Waals surface area (Å²) in [6, 6.07) is 6.57. The highest BCUT2D eigenvalue weighted by Gasteiger charge is 2.11. The van der Waals surface area contributed by atoms with E-state index in [0.29, 0.717) is 6.42 Å². The lowest BCUT2D eigenvalue weighted by atomic mass is 9.90. The van der Waals surface area contributed by atoms with Crippen molar-refractivity contribution in [3.63, 3.8) is 0 Å². The quantitative estimate of drug-likeness (QED) is 0.773. The lowest BCUT2D eigenvalue weighted by Crippen LogP contribution is -2.26. The molecular weight excluding hydrogens is 316 g/mol. The van der Waals surface area contributed by atoms with E-state index in [1.165, 1.54) is 41.8 Å². The lowest BCUT2D eigenvalue weighted by Gasteiger charge is -2.16. The smallest absolute Gasteiger partial charge is 0.224 e. The monoisotopic (exact) mass is 342 g/mol. The van der Waals surface area contributed by atoms with Gasteiger partial charge in [-0.2, -0.15) is 0 Å². The zero-order chi connectivity index (χ0) is 16.8. The van der Waals surface area contributed by atoms with Gasteiger partial charge in [-0.25, -0.2) is 4.98 Å². The van der Waals surface area contributed by atoms with Crippen LogP contribution in [-0.2, 0) is 30.5 Å². The Balaban J connectivity index is 1.36. The standard InChI is InChI=1S/C20H26N2OS/c1-15-14-24-20(22-15)8-4-5-11-21-19(23)13-16-9-10-17-6-2-3-7-18(17)12-16/h9-10,12,14H,2-8,11,13H2,1H3,(H,21,23).